The average Bonchev–Trinajstić information content (AvgIpc) is 3.13. The van der Waals surface area contributed by atoms with Crippen LogP contribution < -0.4 is 5.43 Å². The van der Waals surface area contributed by atoms with Crippen molar-refractivity contribution in [1.82, 2.24) is 14.1 Å². The molecule has 0 atom stereocenters. The molecular formula is C27H22BrN5O3. The van der Waals surface area contributed by atoms with Crippen molar-refractivity contribution in [3.63, 3.8) is 0 Å². The molecule has 5 aromatic rings. The number of aromatic hydroxyl groups is 1. The maximum atomic E-state index is 13.1. The Morgan fingerprint density at radius 1 is 1.08 bits per heavy atom. The van der Waals surface area contributed by atoms with Crippen LogP contribution in [0.1, 0.15) is 28.5 Å². The minimum Gasteiger partial charge on any atom is -0.493 e. The number of azo groups is 1. The van der Waals surface area contributed by atoms with Crippen LogP contribution in [0.25, 0.3) is 21.9 Å². The Labute approximate surface area is 214 Å². The van der Waals surface area contributed by atoms with Crippen molar-refractivity contribution >= 4 is 49.5 Å². The molecule has 0 aliphatic carbocycles. The number of halogens is 1. The fourth-order valence-corrected chi connectivity index (χ4v) is 4.58. The number of hydrogen-bond acceptors (Lipinski definition) is 5. The van der Waals surface area contributed by atoms with Crippen molar-refractivity contribution in [1.29, 1.82) is 0 Å². The molecule has 0 bridgehead atoms. The summed E-state index contributed by atoms with van der Waals surface area (Å²) < 4.78 is 4.24. The number of carbonyl (C=O) groups excluding carboxylic acids is 1. The topological polar surface area (TPSA) is 102 Å². The van der Waals surface area contributed by atoms with E-state index in [1.807, 2.05) is 62.4 Å². The number of aryl methyl sites for hydroxylation is 2. The van der Waals surface area contributed by atoms with Gasteiger partial charge in [0.15, 0.2) is 5.69 Å². The molecule has 36 heavy (non-hydrogen) atoms. The van der Waals surface area contributed by atoms with Crippen LogP contribution in [0.4, 0.5) is 5.69 Å². The second kappa shape index (κ2) is 9.50. The first kappa shape index (κ1) is 23.6. The van der Waals surface area contributed by atoms with Crippen molar-refractivity contribution in [3.05, 3.63) is 98.4 Å². The Morgan fingerprint density at radius 3 is 2.61 bits per heavy atom. The number of pyridine rings is 2. The van der Waals surface area contributed by atoms with E-state index in [-0.39, 0.29) is 17.1 Å². The normalized spacial score (nSPS) is 11.6. The van der Waals surface area contributed by atoms with E-state index < -0.39 is 11.3 Å². The Bertz CT molecular complexity index is 1720. The maximum Gasteiger partial charge on any atom is 0.300 e. The molecule has 5 rings (SSSR count). The third kappa shape index (κ3) is 4.22. The van der Waals surface area contributed by atoms with Crippen molar-refractivity contribution in [3.8, 4) is 5.88 Å². The van der Waals surface area contributed by atoms with Crippen molar-refractivity contribution in [2.45, 2.75) is 26.9 Å². The lowest BCUT2D eigenvalue weighted by Gasteiger charge is -2.09. The summed E-state index contributed by atoms with van der Waals surface area (Å²) in [6.07, 6.45) is 1.47. The molecule has 0 spiro atoms. The standard InChI is InChI=1S/C27H22BrN5O3/c1-3-32-15-21(24(34)19-11-9-16(2)29-25(19)32)26(35)31-30-23-20-13-18(28)10-12-22(20)33(27(23)36)14-17-7-5-4-6-8-17/h4-13,15,36H,3,14H2,1-2H3. The molecule has 3 aromatic heterocycles. The molecule has 2 aromatic carbocycles. The molecule has 1 N–H and O–H groups in total. The fraction of sp³-hybridized carbons (Fsp3) is 0.148. The molecule has 0 radical (unpaired) electrons. The fourth-order valence-electron chi connectivity index (χ4n) is 4.22. The van der Waals surface area contributed by atoms with Gasteiger partial charge in [0, 0.05) is 28.3 Å². The van der Waals surface area contributed by atoms with E-state index in [4.69, 9.17) is 0 Å². The summed E-state index contributed by atoms with van der Waals surface area (Å²) in [6.45, 7) is 4.68. The third-order valence-electron chi connectivity index (χ3n) is 6.03. The van der Waals surface area contributed by atoms with E-state index in [9.17, 15) is 14.7 Å². The Balaban J connectivity index is 1.59. The minimum atomic E-state index is -0.789. The number of fused-ring (bicyclic) bond motifs is 2. The third-order valence-corrected chi connectivity index (χ3v) is 6.52. The summed E-state index contributed by atoms with van der Waals surface area (Å²) in [5, 5.41) is 20.0. The summed E-state index contributed by atoms with van der Waals surface area (Å²) >= 11 is 3.46. The first-order valence-electron chi connectivity index (χ1n) is 11.4. The Hall–Kier alpha value is -4.11. The highest BCUT2D eigenvalue weighted by Gasteiger charge is 2.20. The molecule has 0 unspecified atom stereocenters. The van der Waals surface area contributed by atoms with Crippen LogP contribution in [0.3, 0.4) is 0 Å². The molecule has 0 aliphatic heterocycles. The molecule has 180 valence electrons. The zero-order chi connectivity index (χ0) is 25.4. The van der Waals surface area contributed by atoms with Gasteiger partial charge in [0.1, 0.15) is 11.2 Å². The predicted molar refractivity (Wildman–Crippen MR) is 142 cm³/mol. The number of hydrogen-bond donors (Lipinski definition) is 1. The molecule has 0 fully saturated rings. The summed E-state index contributed by atoms with van der Waals surface area (Å²) in [5.41, 5.74) is 2.62. The average molecular weight is 544 g/mol. The summed E-state index contributed by atoms with van der Waals surface area (Å²) in [5.74, 6) is -0.907. The van der Waals surface area contributed by atoms with Gasteiger partial charge in [-0.05, 0) is 49.7 Å². The smallest absolute Gasteiger partial charge is 0.300 e. The predicted octanol–water partition coefficient (Wildman–Crippen LogP) is 6.12. The number of benzene rings is 2. The molecular weight excluding hydrogens is 522 g/mol. The molecule has 0 saturated heterocycles. The van der Waals surface area contributed by atoms with Crippen LogP contribution in [-0.4, -0.2) is 25.1 Å². The van der Waals surface area contributed by atoms with Gasteiger partial charge in [0.2, 0.25) is 11.3 Å². The van der Waals surface area contributed by atoms with E-state index in [0.717, 1.165) is 21.2 Å². The summed E-state index contributed by atoms with van der Waals surface area (Å²) in [7, 11) is 0. The quantitative estimate of drug-likeness (QED) is 0.269. The van der Waals surface area contributed by atoms with Gasteiger partial charge < -0.3 is 14.2 Å². The maximum absolute atomic E-state index is 13.1. The van der Waals surface area contributed by atoms with Crippen molar-refractivity contribution in [2.75, 3.05) is 0 Å². The second-order valence-corrected chi connectivity index (χ2v) is 9.31. The van der Waals surface area contributed by atoms with Crippen LogP contribution in [0.15, 0.2) is 86.4 Å². The Morgan fingerprint density at radius 2 is 1.86 bits per heavy atom. The SMILES string of the molecule is CCn1cc(C(=O)N=Nc2c(O)n(Cc3ccccc3)c3ccc(Br)cc23)c(=O)c2ccc(C)nc21. The molecule has 8 nitrogen and oxygen atoms in total. The molecule has 0 saturated carbocycles. The van der Waals surface area contributed by atoms with Gasteiger partial charge in [0.05, 0.1) is 17.4 Å². The second-order valence-electron chi connectivity index (χ2n) is 8.39. The summed E-state index contributed by atoms with van der Waals surface area (Å²) in [4.78, 5) is 30.5. The highest BCUT2D eigenvalue weighted by molar-refractivity contribution is 9.10. The van der Waals surface area contributed by atoms with Crippen molar-refractivity contribution < 1.29 is 9.90 Å². The van der Waals surface area contributed by atoms with E-state index in [1.165, 1.54) is 6.20 Å². The van der Waals surface area contributed by atoms with Crippen LogP contribution in [0, 0.1) is 6.92 Å². The largest absolute Gasteiger partial charge is 0.493 e. The lowest BCUT2D eigenvalue weighted by Crippen LogP contribution is -2.18. The van der Waals surface area contributed by atoms with Crippen LogP contribution >= 0.6 is 15.9 Å². The lowest BCUT2D eigenvalue weighted by molar-refractivity contribution is 0.0993. The van der Waals surface area contributed by atoms with Gasteiger partial charge in [-0.15, -0.1) is 10.2 Å². The molecule has 3 heterocycles. The molecule has 0 aliphatic rings. The number of rotatable bonds is 5. The minimum absolute atomic E-state index is 0.104. The lowest BCUT2D eigenvalue weighted by atomic mass is 10.1. The first-order chi connectivity index (χ1) is 17.4. The highest BCUT2D eigenvalue weighted by atomic mass is 79.9. The van der Waals surface area contributed by atoms with Crippen LogP contribution in [0.2, 0.25) is 0 Å². The van der Waals surface area contributed by atoms with E-state index in [0.29, 0.717) is 29.5 Å². The number of carbonyl (C=O) groups is 1. The van der Waals surface area contributed by atoms with Gasteiger partial charge in [0.25, 0.3) is 0 Å². The first-order valence-corrected chi connectivity index (χ1v) is 12.2. The van der Waals surface area contributed by atoms with Gasteiger partial charge in [-0.2, -0.15) is 0 Å². The number of amides is 1. The summed E-state index contributed by atoms with van der Waals surface area (Å²) in [6, 6.07) is 18.6. The van der Waals surface area contributed by atoms with Crippen molar-refractivity contribution in [2.24, 2.45) is 10.2 Å². The molecule has 1 amide bonds. The van der Waals surface area contributed by atoms with Crippen LogP contribution in [0.5, 0.6) is 5.88 Å². The van der Waals surface area contributed by atoms with E-state index in [1.54, 1.807) is 21.3 Å². The number of aromatic nitrogens is 3. The molecule has 9 heteroatoms. The van der Waals surface area contributed by atoms with Gasteiger partial charge in [-0.25, -0.2) is 4.98 Å². The monoisotopic (exact) mass is 543 g/mol. The highest BCUT2D eigenvalue weighted by Crippen LogP contribution is 2.40. The zero-order valence-electron chi connectivity index (χ0n) is 19.6. The number of nitrogens with zero attached hydrogens (tertiary/aromatic N) is 5. The van der Waals surface area contributed by atoms with Crippen LogP contribution in [-0.2, 0) is 13.1 Å². The zero-order valence-corrected chi connectivity index (χ0v) is 21.2. The Kier molecular flexibility index (Phi) is 6.24. The van der Waals surface area contributed by atoms with Gasteiger partial charge in [-0.3, -0.25) is 9.59 Å². The van der Waals surface area contributed by atoms with Gasteiger partial charge >= 0.3 is 5.91 Å². The van der Waals surface area contributed by atoms with E-state index >= 15 is 0 Å². The van der Waals surface area contributed by atoms with Gasteiger partial charge in [-0.1, -0.05) is 46.3 Å². The van der Waals surface area contributed by atoms with E-state index in [2.05, 4.69) is 31.1 Å².